The monoisotopic (exact) mass is 287 g/mol. The Morgan fingerprint density at radius 2 is 1.90 bits per heavy atom. The molecular formula is C15H17N3O3. The van der Waals surface area contributed by atoms with Crippen LogP contribution in [0.25, 0.3) is 0 Å². The van der Waals surface area contributed by atoms with Crippen molar-refractivity contribution in [2.45, 2.75) is 19.4 Å². The van der Waals surface area contributed by atoms with Crippen molar-refractivity contribution in [2.75, 3.05) is 5.32 Å². The Kier molecular flexibility index (Phi) is 4.98. The molecule has 0 bridgehead atoms. The van der Waals surface area contributed by atoms with Gasteiger partial charge >= 0.3 is 6.03 Å². The largest absolute Gasteiger partial charge is 0.469 e. The first-order chi connectivity index (χ1) is 10.1. The summed E-state index contributed by atoms with van der Waals surface area (Å²) in [6, 6.07) is 10.1. The zero-order valence-corrected chi connectivity index (χ0v) is 11.5. The first-order valence-corrected chi connectivity index (χ1v) is 6.58. The van der Waals surface area contributed by atoms with Gasteiger partial charge in [0.15, 0.2) is 0 Å². The summed E-state index contributed by atoms with van der Waals surface area (Å²) in [5.41, 5.74) is 6.58. The highest BCUT2D eigenvalue weighted by molar-refractivity contribution is 5.87. The Balaban J connectivity index is 1.74. The molecule has 0 unspecified atom stereocenters. The van der Waals surface area contributed by atoms with Crippen molar-refractivity contribution in [3.05, 3.63) is 54.0 Å². The Hall–Kier alpha value is -2.76. The van der Waals surface area contributed by atoms with Gasteiger partial charge in [-0.05, 0) is 29.8 Å². The number of primary amides is 1. The number of nitrogens with two attached hydrogens (primary N) is 1. The molecule has 0 saturated carbocycles. The molecule has 0 spiro atoms. The molecule has 0 aliphatic rings. The fourth-order valence-electron chi connectivity index (χ4n) is 1.83. The van der Waals surface area contributed by atoms with Crippen LogP contribution in [0.15, 0.2) is 47.1 Å². The van der Waals surface area contributed by atoms with E-state index in [0.29, 0.717) is 25.1 Å². The number of hydrogen-bond acceptors (Lipinski definition) is 3. The molecule has 0 fully saturated rings. The van der Waals surface area contributed by atoms with Gasteiger partial charge in [0.05, 0.1) is 6.26 Å². The minimum atomic E-state index is -0.603. The molecule has 0 aliphatic heterocycles. The topological polar surface area (TPSA) is 97.4 Å². The molecule has 21 heavy (non-hydrogen) atoms. The molecule has 1 aromatic carbocycles. The van der Waals surface area contributed by atoms with Gasteiger partial charge in [0.2, 0.25) is 5.91 Å². The highest BCUT2D eigenvalue weighted by Crippen LogP contribution is 2.09. The number of carbonyl (C=O) groups excluding carboxylic acids is 2. The molecule has 0 aliphatic carbocycles. The van der Waals surface area contributed by atoms with Gasteiger partial charge in [-0.3, -0.25) is 4.79 Å². The molecule has 0 radical (unpaired) electrons. The van der Waals surface area contributed by atoms with E-state index in [4.69, 9.17) is 10.2 Å². The molecule has 0 saturated heterocycles. The first kappa shape index (κ1) is 14.6. The van der Waals surface area contributed by atoms with Gasteiger partial charge in [0.1, 0.15) is 5.76 Å². The van der Waals surface area contributed by atoms with Crippen LogP contribution >= 0.6 is 0 Å². The average Bonchev–Trinajstić information content (AvgIpc) is 2.97. The van der Waals surface area contributed by atoms with Gasteiger partial charge in [-0.25, -0.2) is 4.79 Å². The number of rotatable bonds is 6. The smallest absolute Gasteiger partial charge is 0.316 e. The fourth-order valence-corrected chi connectivity index (χ4v) is 1.83. The number of nitrogens with one attached hydrogen (secondary N) is 2. The minimum absolute atomic E-state index is 0.0364. The molecular weight excluding hydrogens is 270 g/mol. The van der Waals surface area contributed by atoms with Gasteiger partial charge in [-0.15, -0.1) is 0 Å². The third-order valence-electron chi connectivity index (χ3n) is 2.89. The van der Waals surface area contributed by atoms with Gasteiger partial charge in [-0.1, -0.05) is 12.1 Å². The van der Waals surface area contributed by atoms with Gasteiger partial charge in [0, 0.05) is 25.1 Å². The number of anilines is 1. The minimum Gasteiger partial charge on any atom is -0.469 e. The fraction of sp³-hybridized carbons (Fsp3) is 0.200. The highest BCUT2D eigenvalue weighted by Gasteiger charge is 2.04. The van der Waals surface area contributed by atoms with Crippen LogP contribution in [0.5, 0.6) is 0 Å². The Bertz CT molecular complexity index is 591. The average molecular weight is 287 g/mol. The summed E-state index contributed by atoms with van der Waals surface area (Å²) >= 11 is 0. The maximum atomic E-state index is 11.7. The van der Waals surface area contributed by atoms with E-state index in [1.165, 1.54) is 0 Å². The molecule has 1 heterocycles. The lowest BCUT2D eigenvalue weighted by atomic mass is 10.2. The molecule has 2 rings (SSSR count). The van der Waals surface area contributed by atoms with E-state index in [-0.39, 0.29) is 5.91 Å². The summed E-state index contributed by atoms with van der Waals surface area (Å²) in [6.07, 6.45) is 2.56. The molecule has 110 valence electrons. The van der Waals surface area contributed by atoms with Crippen LogP contribution in [0.2, 0.25) is 0 Å². The molecule has 3 amide bonds. The second-order valence-electron chi connectivity index (χ2n) is 4.54. The Morgan fingerprint density at radius 1 is 1.14 bits per heavy atom. The van der Waals surface area contributed by atoms with E-state index in [0.717, 1.165) is 11.3 Å². The van der Waals surface area contributed by atoms with Crippen LogP contribution in [-0.4, -0.2) is 11.9 Å². The number of aryl methyl sites for hydroxylation is 1. The third kappa shape index (κ3) is 5.02. The number of hydrogen-bond donors (Lipinski definition) is 3. The van der Waals surface area contributed by atoms with E-state index in [1.54, 1.807) is 24.5 Å². The standard InChI is InChI=1S/C15H17N3O3/c16-15(20)18-12-5-3-11(4-6-12)10-17-14(19)8-7-13-2-1-9-21-13/h1-6,9H,7-8,10H2,(H,17,19)(H3,16,18,20). The van der Waals surface area contributed by atoms with E-state index in [1.807, 2.05) is 18.2 Å². The van der Waals surface area contributed by atoms with E-state index in [2.05, 4.69) is 10.6 Å². The predicted octanol–water partition coefficient (Wildman–Crippen LogP) is 2.02. The second-order valence-corrected chi connectivity index (χ2v) is 4.54. The Morgan fingerprint density at radius 3 is 2.52 bits per heavy atom. The summed E-state index contributed by atoms with van der Waals surface area (Å²) < 4.78 is 5.17. The number of carbonyl (C=O) groups is 2. The summed E-state index contributed by atoms with van der Waals surface area (Å²) in [5, 5.41) is 5.30. The van der Waals surface area contributed by atoms with Crippen LogP contribution in [0.3, 0.4) is 0 Å². The molecule has 4 N–H and O–H groups in total. The van der Waals surface area contributed by atoms with Crippen LogP contribution in [0.4, 0.5) is 10.5 Å². The third-order valence-corrected chi connectivity index (χ3v) is 2.89. The first-order valence-electron chi connectivity index (χ1n) is 6.58. The van der Waals surface area contributed by atoms with Crippen molar-refractivity contribution in [2.24, 2.45) is 5.73 Å². The van der Waals surface area contributed by atoms with E-state index in [9.17, 15) is 9.59 Å². The predicted molar refractivity (Wildman–Crippen MR) is 78.5 cm³/mol. The second kappa shape index (κ2) is 7.14. The lowest BCUT2D eigenvalue weighted by Gasteiger charge is -2.06. The number of amides is 3. The SMILES string of the molecule is NC(=O)Nc1ccc(CNC(=O)CCc2ccco2)cc1. The van der Waals surface area contributed by atoms with Crippen molar-refractivity contribution in [3.63, 3.8) is 0 Å². The molecule has 6 heteroatoms. The Labute approximate surface area is 122 Å². The van der Waals surface area contributed by atoms with Crippen LogP contribution in [0, 0.1) is 0 Å². The van der Waals surface area contributed by atoms with E-state index < -0.39 is 6.03 Å². The number of urea groups is 1. The van der Waals surface area contributed by atoms with Crippen molar-refractivity contribution in [1.82, 2.24) is 5.32 Å². The summed E-state index contributed by atoms with van der Waals surface area (Å²) in [4.78, 5) is 22.4. The normalized spacial score (nSPS) is 10.1. The van der Waals surface area contributed by atoms with Gasteiger partial charge < -0.3 is 20.8 Å². The maximum absolute atomic E-state index is 11.7. The molecule has 0 atom stereocenters. The molecule has 2 aromatic rings. The van der Waals surface area contributed by atoms with Gasteiger partial charge in [0.25, 0.3) is 0 Å². The maximum Gasteiger partial charge on any atom is 0.316 e. The lowest BCUT2D eigenvalue weighted by molar-refractivity contribution is -0.121. The van der Waals surface area contributed by atoms with Crippen LogP contribution in [0.1, 0.15) is 17.7 Å². The van der Waals surface area contributed by atoms with Crippen LogP contribution in [-0.2, 0) is 17.8 Å². The van der Waals surface area contributed by atoms with Crippen molar-refractivity contribution >= 4 is 17.6 Å². The van der Waals surface area contributed by atoms with Crippen molar-refractivity contribution < 1.29 is 14.0 Å². The summed E-state index contributed by atoms with van der Waals surface area (Å²) in [5.74, 6) is 0.762. The molecule has 1 aromatic heterocycles. The number of benzene rings is 1. The van der Waals surface area contributed by atoms with Crippen molar-refractivity contribution in [1.29, 1.82) is 0 Å². The lowest BCUT2D eigenvalue weighted by Crippen LogP contribution is -2.23. The number of furan rings is 1. The summed E-state index contributed by atoms with van der Waals surface area (Å²) in [7, 11) is 0. The molecule has 6 nitrogen and oxygen atoms in total. The quantitative estimate of drug-likeness (QED) is 0.758. The van der Waals surface area contributed by atoms with Gasteiger partial charge in [-0.2, -0.15) is 0 Å². The van der Waals surface area contributed by atoms with Crippen LogP contribution < -0.4 is 16.4 Å². The highest BCUT2D eigenvalue weighted by atomic mass is 16.3. The zero-order valence-electron chi connectivity index (χ0n) is 11.5. The summed E-state index contributed by atoms with van der Waals surface area (Å²) in [6.45, 7) is 0.438. The van der Waals surface area contributed by atoms with Crippen molar-refractivity contribution in [3.8, 4) is 0 Å². The van der Waals surface area contributed by atoms with E-state index >= 15 is 0 Å². The zero-order chi connectivity index (χ0) is 15.1.